The van der Waals surface area contributed by atoms with Crippen molar-refractivity contribution in [2.45, 2.75) is 51.0 Å². The van der Waals surface area contributed by atoms with Crippen LogP contribution in [0.3, 0.4) is 0 Å². The maximum absolute atomic E-state index is 13.6. The zero-order valence-electron chi connectivity index (χ0n) is 18.4. The number of hydrogen-bond donors (Lipinski definition) is 1. The second-order valence-electron chi connectivity index (χ2n) is 8.19. The lowest BCUT2D eigenvalue weighted by Crippen LogP contribution is -2.40. The highest BCUT2D eigenvalue weighted by Crippen LogP contribution is 2.35. The van der Waals surface area contributed by atoms with Gasteiger partial charge in [-0.3, -0.25) is 4.98 Å². The van der Waals surface area contributed by atoms with Crippen molar-refractivity contribution in [1.29, 1.82) is 0 Å². The highest BCUT2D eigenvalue weighted by Gasteiger charge is 2.34. The van der Waals surface area contributed by atoms with Gasteiger partial charge in [0.1, 0.15) is 5.76 Å². The Bertz CT molecular complexity index is 1230. The quantitative estimate of drug-likeness (QED) is 0.590. The van der Waals surface area contributed by atoms with Crippen LogP contribution in [0.1, 0.15) is 37.6 Å². The SMILES string of the molecule is CCOC(=O)NC1CCC[C@H]1CS(=O)(=O)c1cc(-c2c(C)noc2C)cc2ncccc12. The number of aryl methyl sites for hydroxylation is 2. The first-order valence-electron chi connectivity index (χ1n) is 10.8. The van der Waals surface area contributed by atoms with Crippen molar-refractivity contribution < 1.29 is 22.5 Å². The van der Waals surface area contributed by atoms with Gasteiger partial charge in [0.2, 0.25) is 0 Å². The number of alkyl carbamates (subject to hydrolysis) is 1. The summed E-state index contributed by atoms with van der Waals surface area (Å²) in [5.74, 6) is 0.383. The van der Waals surface area contributed by atoms with Crippen molar-refractivity contribution in [2.24, 2.45) is 5.92 Å². The number of fused-ring (bicyclic) bond motifs is 1. The molecule has 0 bridgehead atoms. The maximum Gasteiger partial charge on any atom is 0.407 e. The van der Waals surface area contributed by atoms with Crippen LogP contribution in [0.15, 0.2) is 39.9 Å². The molecule has 2 aromatic heterocycles. The Morgan fingerprint density at radius 1 is 1.28 bits per heavy atom. The Hall–Kier alpha value is -2.94. The van der Waals surface area contributed by atoms with Crippen molar-refractivity contribution >= 4 is 26.8 Å². The Kier molecular flexibility index (Phi) is 6.19. The van der Waals surface area contributed by atoms with Gasteiger partial charge in [-0.25, -0.2) is 13.2 Å². The van der Waals surface area contributed by atoms with Gasteiger partial charge in [0.15, 0.2) is 9.84 Å². The van der Waals surface area contributed by atoms with Gasteiger partial charge in [-0.2, -0.15) is 0 Å². The lowest BCUT2D eigenvalue weighted by atomic mass is 10.0. The standard InChI is InChI=1S/C23H27N3O5S/c1-4-30-23(27)25-19-9-5-7-16(19)13-32(28,29)21-12-17(22-14(2)26-31-15(22)3)11-20-18(21)8-6-10-24-20/h6,8,10-12,16,19H,4-5,7,9,13H2,1-3H3,(H,25,27)/t16-,19?/m0/s1. The van der Waals surface area contributed by atoms with E-state index in [-0.39, 0.29) is 29.2 Å². The zero-order valence-corrected chi connectivity index (χ0v) is 19.2. The average molecular weight is 458 g/mol. The number of hydrogen-bond acceptors (Lipinski definition) is 7. The van der Waals surface area contributed by atoms with E-state index in [1.807, 2.05) is 13.0 Å². The summed E-state index contributed by atoms with van der Waals surface area (Å²) < 4.78 is 37.6. The fourth-order valence-electron chi connectivity index (χ4n) is 4.57. The van der Waals surface area contributed by atoms with Crippen LogP contribution < -0.4 is 5.32 Å². The van der Waals surface area contributed by atoms with E-state index in [4.69, 9.17) is 9.26 Å². The van der Waals surface area contributed by atoms with Crippen LogP contribution in [0.25, 0.3) is 22.0 Å². The predicted molar refractivity (Wildman–Crippen MR) is 120 cm³/mol. The van der Waals surface area contributed by atoms with E-state index in [1.165, 1.54) is 0 Å². The molecule has 1 unspecified atom stereocenters. The molecule has 1 amide bonds. The molecular formula is C23H27N3O5S. The molecule has 2 atom stereocenters. The molecule has 1 fully saturated rings. The largest absolute Gasteiger partial charge is 0.450 e. The summed E-state index contributed by atoms with van der Waals surface area (Å²) in [6, 6.07) is 6.84. The first-order chi connectivity index (χ1) is 15.3. The van der Waals surface area contributed by atoms with Gasteiger partial charge in [0.05, 0.1) is 28.5 Å². The molecule has 0 saturated heterocycles. The van der Waals surface area contributed by atoms with Gasteiger partial charge in [-0.05, 0) is 69.4 Å². The number of rotatable bonds is 6. The summed E-state index contributed by atoms with van der Waals surface area (Å²) in [6.45, 7) is 5.64. The molecule has 3 aromatic rings. The van der Waals surface area contributed by atoms with E-state index in [9.17, 15) is 13.2 Å². The normalized spacial score (nSPS) is 18.7. The molecule has 32 heavy (non-hydrogen) atoms. The van der Waals surface area contributed by atoms with Crippen molar-refractivity contribution in [3.8, 4) is 11.1 Å². The van der Waals surface area contributed by atoms with E-state index >= 15 is 0 Å². The van der Waals surface area contributed by atoms with Crippen molar-refractivity contribution in [1.82, 2.24) is 15.5 Å². The van der Waals surface area contributed by atoms with E-state index in [2.05, 4.69) is 15.5 Å². The number of carbonyl (C=O) groups is 1. The molecule has 1 aliphatic rings. The second kappa shape index (κ2) is 8.90. The highest BCUT2D eigenvalue weighted by molar-refractivity contribution is 7.91. The number of pyridine rings is 1. The molecule has 8 nitrogen and oxygen atoms in total. The molecule has 9 heteroatoms. The smallest absolute Gasteiger partial charge is 0.407 e. The minimum atomic E-state index is -3.67. The van der Waals surface area contributed by atoms with E-state index < -0.39 is 15.9 Å². The van der Waals surface area contributed by atoms with E-state index in [0.717, 1.165) is 24.8 Å². The fourth-order valence-corrected chi connectivity index (χ4v) is 6.52. The third-order valence-electron chi connectivity index (χ3n) is 6.01. The van der Waals surface area contributed by atoms with Crippen LogP contribution in [0.4, 0.5) is 4.79 Å². The van der Waals surface area contributed by atoms with Crippen LogP contribution in [-0.2, 0) is 14.6 Å². The molecule has 0 spiro atoms. The number of nitrogens with one attached hydrogen (secondary N) is 1. The molecular weight excluding hydrogens is 430 g/mol. The summed E-state index contributed by atoms with van der Waals surface area (Å²) in [6.07, 6.45) is 3.47. The molecule has 2 heterocycles. The molecule has 1 aromatic carbocycles. The third-order valence-corrected chi connectivity index (χ3v) is 7.89. The van der Waals surface area contributed by atoms with Crippen LogP contribution in [-0.4, -0.2) is 43.1 Å². The predicted octanol–water partition coefficient (Wildman–Crippen LogP) is 4.20. The molecule has 1 aliphatic carbocycles. The van der Waals surface area contributed by atoms with Crippen LogP contribution in [0.5, 0.6) is 0 Å². The van der Waals surface area contributed by atoms with Gasteiger partial charge in [-0.1, -0.05) is 11.6 Å². The van der Waals surface area contributed by atoms with Crippen LogP contribution in [0.2, 0.25) is 0 Å². The minimum absolute atomic E-state index is 0.0564. The Morgan fingerprint density at radius 2 is 2.09 bits per heavy atom. The summed E-state index contributed by atoms with van der Waals surface area (Å²) in [7, 11) is -3.67. The number of amides is 1. The van der Waals surface area contributed by atoms with Gasteiger partial charge in [0.25, 0.3) is 0 Å². The number of carbonyl (C=O) groups excluding carboxylic acids is 1. The zero-order chi connectivity index (χ0) is 22.9. The Morgan fingerprint density at radius 3 is 2.81 bits per heavy atom. The molecule has 0 aliphatic heterocycles. The van der Waals surface area contributed by atoms with Crippen molar-refractivity contribution in [3.63, 3.8) is 0 Å². The Labute approximate surface area is 187 Å². The molecule has 170 valence electrons. The van der Waals surface area contributed by atoms with Crippen LogP contribution >= 0.6 is 0 Å². The molecule has 1 saturated carbocycles. The monoisotopic (exact) mass is 457 g/mol. The molecule has 0 radical (unpaired) electrons. The van der Waals surface area contributed by atoms with Crippen LogP contribution in [0, 0.1) is 19.8 Å². The summed E-state index contributed by atoms with van der Waals surface area (Å²) in [4.78, 5) is 16.5. The highest BCUT2D eigenvalue weighted by atomic mass is 32.2. The first kappa shape index (κ1) is 22.3. The van der Waals surface area contributed by atoms with Gasteiger partial charge in [-0.15, -0.1) is 0 Å². The number of ether oxygens (including phenoxy) is 1. The minimum Gasteiger partial charge on any atom is -0.450 e. The number of sulfone groups is 1. The third kappa shape index (κ3) is 4.34. The second-order valence-corrected chi connectivity index (χ2v) is 10.2. The van der Waals surface area contributed by atoms with Gasteiger partial charge < -0.3 is 14.6 Å². The summed E-state index contributed by atoms with van der Waals surface area (Å²) >= 11 is 0. The fraction of sp³-hybridized carbons (Fsp3) is 0.435. The van der Waals surface area contributed by atoms with E-state index in [1.54, 1.807) is 38.2 Å². The van der Waals surface area contributed by atoms with Crippen molar-refractivity contribution in [3.05, 3.63) is 41.9 Å². The number of nitrogens with zero attached hydrogens (tertiary/aromatic N) is 2. The van der Waals surface area contributed by atoms with Gasteiger partial charge >= 0.3 is 6.09 Å². The summed E-state index contributed by atoms with van der Waals surface area (Å²) in [5.41, 5.74) is 2.77. The summed E-state index contributed by atoms with van der Waals surface area (Å²) in [5, 5.41) is 7.41. The van der Waals surface area contributed by atoms with Gasteiger partial charge in [0, 0.05) is 23.2 Å². The number of aromatic nitrogens is 2. The molecule has 4 rings (SSSR count). The topological polar surface area (TPSA) is 111 Å². The Balaban J connectivity index is 1.72. The number of benzene rings is 1. The lowest BCUT2D eigenvalue weighted by Gasteiger charge is -2.21. The van der Waals surface area contributed by atoms with Crippen molar-refractivity contribution in [2.75, 3.05) is 12.4 Å². The first-order valence-corrected chi connectivity index (χ1v) is 12.4. The average Bonchev–Trinajstić information content (AvgIpc) is 3.32. The lowest BCUT2D eigenvalue weighted by molar-refractivity contribution is 0.146. The molecule has 1 N–H and O–H groups in total. The van der Waals surface area contributed by atoms with E-state index in [0.29, 0.717) is 27.9 Å². The maximum atomic E-state index is 13.6.